The van der Waals surface area contributed by atoms with Crippen molar-refractivity contribution in [3.05, 3.63) is 29.6 Å². The molecule has 2 heterocycles. The molecule has 1 fully saturated rings. The first-order valence-electron chi connectivity index (χ1n) is 8.96. The highest BCUT2D eigenvalue weighted by Crippen LogP contribution is 2.28. The van der Waals surface area contributed by atoms with E-state index in [-0.39, 0.29) is 6.09 Å². The molecule has 24 heavy (non-hydrogen) atoms. The van der Waals surface area contributed by atoms with E-state index >= 15 is 0 Å². The number of likely N-dealkylation sites (tertiary alicyclic amines) is 1. The summed E-state index contributed by atoms with van der Waals surface area (Å²) in [6, 6.07) is 4.16. The van der Waals surface area contributed by atoms with Gasteiger partial charge in [0.1, 0.15) is 5.60 Å². The van der Waals surface area contributed by atoms with Crippen LogP contribution in [0.2, 0.25) is 0 Å². The SMILES string of the molecule is Cc1cccnc1C1CCN(CCCNC(=O)OC(C)(C)C)CC1. The van der Waals surface area contributed by atoms with Crippen molar-refractivity contribution >= 4 is 6.09 Å². The van der Waals surface area contributed by atoms with E-state index in [0.29, 0.717) is 12.5 Å². The van der Waals surface area contributed by atoms with Crippen LogP contribution in [0.3, 0.4) is 0 Å². The summed E-state index contributed by atoms with van der Waals surface area (Å²) in [5, 5.41) is 2.82. The van der Waals surface area contributed by atoms with E-state index in [9.17, 15) is 4.79 Å². The van der Waals surface area contributed by atoms with Crippen LogP contribution in [0.25, 0.3) is 0 Å². The van der Waals surface area contributed by atoms with E-state index < -0.39 is 5.60 Å². The van der Waals surface area contributed by atoms with Crippen molar-refractivity contribution < 1.29 is 9.53 Å². The number of amides is 1. The van der Waals surface area contributed by atoms with Crippen molar-refractivity contribution in [3.63, 3.8) is 0 Å². The normalized spacial score (nSPS) is 16.8. The van der Waals surface area contributed by atoms with Crippen LogP contribution in [0, 0.1) is 6.92 Å². The second-order valence-corrected chi connectivity index (χ2v) is 7.60. The van der Waals surface area contributed by atoms with Crippen molar-refractivity contribution in [2.45, 2.75) is 58.5 Å². The molecule has 0 aliphatic carbocycles. The molecule has 2 rings (SSSR count). The molecule has 0 unspecified atom stereocenters. The van der Waals surface area contributed by atoms with E-state index in [1.54, 1.807) is 0 Å². The van der Waals surface area contributed by atoms with E-state index in [1.165, 1.54) is 11.3 Å². The van der Waals surface area contributed by atoms with Crippen molar-refractivity contribution in [2.24, 2.45) is 0 Å². The van der Waals surface area contributed by atoms with Crippen molar-refractivity contribution in [2.75, 3.05) is 26.2 Å². The van der Waals surface area contributed by atoms with Crippen molar-refractivity contribution in [1.29, 1.82) is 0 Å². The minimum Gasteiger partial charge on any atom is -0.444 e. The van der Waals surface area contributed by atoms with E-state index in [2.05, 4.69) is 28.2 Å². The van der Waals surface area contributed by atoms with Gasteiger partial charge in [-0.2, -0.15) is 0 Å². The Hall–Kier alpha value is -1.62. The van der Waals surface area contributed by atoms with Gasteiger partial charge in [0, 0.05) is 24.4 Å². The van der Waals surface area contributed by atoms with Gasteiger partial charge in [-0.1, -0.05) is 6.07 Å². The summed E-state index contributed by atoms with van der Waals surface area (Å²) in [5.41, 5.74) is 2.14. The number of piperidine rings is 1. The lowest BCUT2D eigenvalue weighted by atomic mass is 9.91. The quantitative estimate of drug-likeness (QED) is 0.838. The van der Waals surface area contributed by atoms with Gasteiger partial charge in [-0.3, -0.25) is 4.98 Å². The van der Waals surface area contributed by atoms with Crippen LogP contribution in [0.15, 0.2) is 18.3 Å². The third kappa shape index (κ3) is 6.11. The first kappa shape index (κ1) is 18.7. The molecule has 0 atom stereocenters. The van der Waals surface area contributed by atoms with Gasteiger partial charge in [0.05, 0.1) is 0 Å². The van der Waals surface area contributed by atoms with Gasteiger partial charge < -0.3 is 15.0 Å². The minimum absolute atomic E-state index is 0.327. The number of hydrogen-bond donors (Lipinski definition) is 1. The average molecular weight is 333 g/mol. The van der Waals surface area contributed by atoms with Gasteiger partial charge in [0.25, 0.3) is 0 Å². The Bertz CT molecular complexity index is 532. The maximum Gasteiger partial charge on any atom is 0.407 e. The number of carbonyl (C=O) groups is 1. The monoisotopic (exact) mass is 333 g/mol. The third-order valence-electron chi connectivity index (χ3n) is 4.34. The lowest BCUT2D eigenvalue weighted by Gasteiger charge is -2.32. The van der Waals surface area contributed by atoms with Crippen LogP contribution in [-0.2, 0) is 4.74 Å². The summed E-state index contributed by atoms with van der Waals surface area (Å²) >= 11 is 0. The molecule has 1 aromatic heterocycles. The van der Waals surface area contributed by atoms with Gasteiger partial charge in [0.15, 0.2) is 0 Å². The smallest absolute Gasteiger partial charge is 0.407 e. The Morgan fingerprint density at radius 1 is 1.38 bits per heavy atom. The highest BCUT2D eigenvalue weighted by atomic mass is 16.6. The van der Waals surface area contributed by atoms with Crippen LogP contribution in [-0.4, -0.2) is 47.8 Å². The average Bonchev–Trinajstić information content (AvgIpc) is 2.51. The van der Waals surface area contributed by atoms with E-state index in [1.807, 2.05) is 33.0 Å². The molecule has 134 valence electrons. The first-order chi connectivity index (χ1) is 11.3. The Morgan fingerprint density at radius 3 is 2.71 bits per heavy atom. The third-order valence-corrected chi connectivity index (χ3v) is 4.34. The van der Waals surface area contributed by atoms with Crippen LogP contribution in [0.1, 0.15) is 57.2 Å². The standard InChI is InChI=1S/C19H31N3O2/c1-15-7-5-10-20-17(15)16-8-13-22(14-9-16)12-6-11-21-18(23)24-19(2,3)4/h5,7,10,16H,6,8-9,11-14H2,1-4H3,(H,21,23). The van der Waals surface area contributed by atoms with Crippen molar-refractivity contribution in [3.8, 4) is 0 Å². The second kappa shape index (κ2) is 8.47. The molecule has 5 heteroatoms. The van der Waals surface area contributed by atoms with Crippen LogP contribution in [0.4, 0.5) is 4.79 Å². The summed E-state index contributed by atoms with van der Waals surface area (Å²) in [5.74, 6) is 0.585. The van der Waals surface area contributed by atoms with Crippen LogP contribution < -0.4 is 5.32 Å². The largest absolute Gasteiger partial charge is 0.444 e. The van der Waals surface area contributed by atoms with Crippen LogP contribution >= 0.6 is 0 Å². The Morgan fingerprint density at radius 2 is 2.08 bits per heavy atom. The number of nitrogens with zero attached hydrogens (tertiary/aromatic N) is 2. The van der Waals surface area contributed by atoms with Gasteiger partial charge in [-0.15, -0.1) is 0 Å². The topological polar surface area (TPSA) is 54.5 Å². The Balaban J connectivity index is 1.64. The van der Waals surface area contributed by atoms with Crippen LogP contribution in [0.5, 0.6) is 0 Å². The molecule has 0 aromatic carbocycles. The molecule has 1 aliphatic heterocycles. The highest BCUT2D eigenvalue weighted by molar-refractivity contribution is 5.67. The number of hydrogen-bond acceptors (Lipinski definition) is 4. The summed E-state index contributed by atoms with van der Waals surface area (Å²) in [6.07, 6.45) is 4.85. The predicted molar refractivity (Wildman–Crippen MR) is 96.2 cm³/mol. The fraction of sp³-hybridized carbons (Fsp3) is 0.684. The molecule has 1 N–H and O–H groups in total. The maximum atomic E-state index is 11.6. The Kier molecular flexibility index (Phi) is 6.60. The number of carbonyl (C=O) groups excluding carboxylic acids is 1. The molecule has 0 spiro atoms. The zero-order valence-corrected chi connectivity index (χ0v) is 15.5. The summed E-state index contributed by atoms with van der Waals surface area (Å²) in [7, 11) is 0. The lowest BCUT2D eigenvalue weighted by molar-refractivity contribution is 0.0525. The molecule has 0 radical (unpaired) electrons. The number of rotatable bonds is 5. The van der Waals surface area contributed by atoms with E-state index in [0.717, 1.165) is 38.9 Å². The Labute approximate surface area is 145 Å². The number of pyridine rings is 1. The summed E-state index contributed by atoms with van der Waals surface area (Å²) in [6.45, 7) is 11.7. The molecular weight excluding hydrogens is 302 g/mol. The molecule has 1 aliphatic rings. The van der Waals surface area contributed by atoms with Gasteiger partial charge in [-0.25, -0.2) is 4.79 Å². The molecule has 5 nitrogen and oxygen atoms in total. The molecule has 1 amide bonds. The number of ether oxygens (including phenoxy) is 1. The number of aryl methyl sites for hydroxylation is 1. The van der Waals surface area contributed by atoms with Gasteiger partial charge in [0.2, 0.25) is 0 Å². The molecular formula is C19H31N3O2. The predicted octanol–water partition coefficient (Wildman–Crippen LogP) is 3.48. The molecule has 1 saturated heterocycles. The van der Waals surface area contributed by atoms with Crippen molar-refractivity contribution in [1.82, 2.24) is 15.2 Å². The molecule has 0 saturated carbocycles. The zero-order valence-electron chi connectivity index (χ0n) is 15.5. The number of alkyl carbamates (subject to hydrolysis) is 1. The second-order valence-electron chi connectivity index (χ2n) is 7.60. The lowest BCUT2D eigenvalue weighted by Crippen LogP contribution is -2.37. The molecule has 1 aromatic rings. The number of aromatic nitrogens is 1. The van der Waals surface area contributed by atoms with Gasteiger partial charge >= 0.3 is 6.09 Å². The highest BCUT2D eigenvalue weighted by Gasteiger charge is 2.22. The maximum absolute atomic E-state index is 11.6. The van der Waals surface area contributed by atoms with Gasteiger partial charge in [-0.05, 0) is 78.2 Å². The minimum atomic E-state index is -0.435. The zero-order chi connectivity index (χ0) is 17.6. The number of nitrogens with one attached hydrogen (secondary N) is 1. The summed E-state index contributed by atoms with van der Waals surface area (Å²) < 4.78 is 5.23. The summed E-state index contributed by atoms with van der Waals surface area (Å²) in [4.78, 5) is 18.6. The molecule has 0 bridgehead atoms. The van der Waals surface area contributed by atoms with E-state index in [4.69, 9.17) is 4.74 Å². The fourth-order valence-electron chi connectivity index (χ4n) is 3.16. The first-order valence-corrected chi connectivity index (χ1v) is 8.96. The fourth-order valence-corrected chi connectivity index (χ4v) is 3.16.